The lowest BCUT2D eigenvalue weighted by Gasteiger charge is -2.24. The molecule has 5 heteroatoms. The van der Waals surface area contributed by atoms with Crippen molar-refractivity contribution in [3.63, 3.8) is 0 Å². The SMILES string of the molecule is CCCCN(CCO)c1ncnc(NCC)c1C. The number of aliphatic hydroxyl groups excluding tert-OH is 1. The van der Waals surface area contributed by atoms with Gasteiger partial charge < -0.3 is 15.3 Å². The summed E-state index contributed by atoms with van der Waals surface area (Å²) < 4.78 is 0. The summed E-state index contributed by atoms with van der Waals surface area (Å²) in [5.41, 5.74) is 1.05. The molecule has 18 heavy (non-hydrogen) atoms. The fraction of sp³-hybridized carbons (Fsp3) is 0.692. The first-order chi connectivity index (χ1) is 8.74. The van der Waals surface area contributed by atoms with Crippen molar-refractivity contribution >= 4 is 11.6 Å². The zero-order valence-electron chi connectivity index (χ0n) is 11.6. The predicted octanol–water partition coefficient (Wildman–Crippen LogP) is 1.82. The van der Waals surface area contributed by atoms with Crippen LogP contribution in [-0.2, 0) is 0 Å². The van der Waals surface area contributed by atoms with Gasteiger partial charge in [0, 0.05) is 25.2 Å². The van der Waals surface area contributed by atoms with E-state index in [9.17, 15) is 0 Å². The molecule has 0 saturated carbocycles. The summed E-state index contributed by atoms with van der Waals surface area (Å²) in [6.07, 6.45) is 3.81. The zero-order chi connectivity index (χ0) is 13.4. The Labute approximate surface area is 109 Å². The summed E-state index contributed by atoms with van der Waals surface area (Å²) in [6.45, 7) is 8.74. The molecule has 0 unspecified atom stereocenters. The predicted molar refractivity (Wildman–Crippen MR) is 75.1 cm³/mol. The van der Waals surface area contributed by atoms with Crippen molar-refractivity contribution in [3.05, 3.63) is 11.9 Å². The van der Waals surface area contributed by atoms with E-state index in [0.29, 0.717) is 6.54 Å². The number of anilines is 2. The van der Waals surface area contributed by atoms with Gasteiger partial charge in [0.1, 0.15) is 18.0 Å². The Balaban J connectivity index is 2.92. The summed E-state index contributed by atoms with van der Waals surface area (Å²) in [5.74, 6) is 1.80. The Morgan fingerprint density at radius 2 is 2.06 bits per heavy atom. The van der Waals surface area contributed by atoms with Crippen LogP contribution < -0.4 is 10.2 Å². The maximum atomic E-state index is 9.16. The minimum atomic E-state index is 0.143. The van der Waals surface area contributed by atoms with E-state index < -0.39 is 0 Å². The van der Waals surface area contributed by atoms with Crippen LogP contribution in [0.5, 0.6) is 0 Å². The molecule has 0 fully saturated rings. The van der Waals surface area contributed by atoms with E-state index in [1.54, 1.807) is 6.33 Å². The average molecular weight is 252 g/mol. The smallest absolute Gasteiger partial charge is 0.137 e. The minimum absolute atomic E-state index is 0.143. The fourth-order valence-electron chi connectivity index (χ4n) is 1.90. The number of aliphatic hydroxyl groups is 1. The topological polar surface area (TPSA) is 61.3 Å². The highest BCUT2D eigenvalue weighted by molar-refractivity contribution is 5.57. The third kappa shape index (κ3) is 3.84. The second-order valence-corrected chi connectivity index (χ2v) is 4.27. The molecule has 0 aliphatic carbocycles. The molecule has 1 aromatic rings. The van der Waals surface area contributed by atoms with Gasteiger partial charge in [-0.25, -0.2) is 9.97 Å². The van der Waals surface area contributed by atoms with Crippen LogP contribution in [-0.4, -0.2) is 41.3 Å². The average Bonchev–Trinajstić information content (AvgIpc) is 2.38. The van der Waals surface area contributed by atoms with Crippen LogP contribution in [0.15, 0.2) is 6.33 Å². The minimum Gasteiger partial charge on any atom is -0.395 e. The molecule has 0 aliphatic rings. The fourth-order valence-corrected chi connectivity index (χ4v) is 1.90. The standard InChI is InChI=1S/C13H24N4O/c1-4-6-7-17(8-9-18)13-11(3)12(14-5-2)15-10-16-13/h10,18H,4-9H2,1-3H3,(H,14,15,16). The Bertz CT molecular complexity index is 357. The molecule has 0 atom stereocenters. The molecule has 102 valence electrons. The van der Waals surface area contributed by atoms with Crippen molar-refractivity contribution in [1.82, 2.24) is 9.97 Å². The highest BCUT2D eigenvalue weighted by Gasteiger charge is 2.13. The largest absolute Gasteiger partial charge is 0.395 e. The summed E-state index contributed by atoms with van der Waals surface area (Å²) in [7, 11) is 0. The van der Waals surface area contributed by atoms with E-state index in [1.807, 2.05) is 13.8 Å². The molecular weight excluding hydrogens is 228 g/mol. The van der Waals surface area contributed by atoms with Gasteiger partial charge in [0.15, 0.2) is 0 Å². The van der Waals surface area contributed by atoms with Gasteiger partial charge in [0.2, 0.25) is 0 Å². The number of hydrogen-bond donors (Lipinski definition) is 2. The highest BCUT2D eigenvalue weighted by atomic mass is 16.3. The van der Waals surface area contributed by atoms with Crippen LogP contribution in [0, 0.1) is 6.92 Å². The van der Waals surface area contributed by atoms with Gasteiger partial charge in [-0.05, 0) is 20.3 Å². The molecule has 5 nitrogen and oxygen atoms in total. The molecular formula is C13H24N4O. The molecule has 0 spiro atoms. The highest BCUT2D eigenvalue weighted by Crippen LogP contribution is 2.22. The second kappa shape index (κ2) is 7.87. The molecule has 0 amide bonds. The summed E-state index contributed by atoms with van der Waals surface area (Å²) in [4.78, 5) is 10.7. The van der Waals surface area contributed by atoms with E-state index in [-0.39, 0.29) is 6.61 Å². The van der Waals surface area contributed by atoms with E-state index in [1.165, 1.54) is 0 Å². The first-order valence-corrected chi connectivity index (χ1v) is 6.65. The van der Waals surface area contributed by atoms with Gasteiger partial charge in [0.05, 0.1) is 6.61 Å². The Morgan fingerprint density at radius 1 is 1.28 bits per heavy atom. The lowest BCUT2D eigenvalue weighted by Crippen LogP contribution is -2.29. The van der Waals surface area contributed by atoms with Crippen molar-refractivity contribution in [2.45, 2.75) is 33.6 Å². The molecule has 0 aliphatic heterocycles. The van der Waals surface area contributed by atoms with Gasteiger partial charge in [0.25, 0.3) is 0 Å². The molecule has 1 aromatic heterocycles. The van der Waals surface area contributed by atoms with Gasteiger partial charge in [-0.1, -0.05) is 13.3 Å². The Hall–Kier alpha value is -1.36. The monoisotopic (exact) mass is 252 g/mol. The third-order valence-electron chi connectivity index (χ3n) is 2.85. The lowest BCUT2D eigenvalue weighted by molar-refractivity contribution is 0.301. The number of unbranched alkanes of at least 4 members (excludes halogenated alkanes) is 1. The molecule has 0 saturated heterocycles. The van der Waals surface area contributed by atoms with Gasteiger partial charge in [-0.3, -0.25) is 0 Å². The number of hydrogen-bond acceptors (Lipinski definition) is 5. The van der Waals surface area contributed by atoms with Gasteiger partial charge in [-0.2, -0.15) is 0 Å². The molecule has 1 heterocycles. The summed E-state index contributed by atoms with van der Waals surface area (Å²) in [5, 5.41) is 12.4. The first kappa shape index (κ1) is 14.7. The quantitative estimate of drug-likeness (QED) is 0.739. The number of rotatable bonds is 8. The van der Waals surface area contributed by atoms with Gasteiger partial charge >= 0.3 is 0 Å². The van der Waals surface area contributed by atoms with Gasteiger partial charge in [-0.15, -0.1) is 0 Å². The van der Waals surface area contributed by atoms with Crippen molar-refractivity contribution in [1.29, 1.82) is 0 Å². The van der Waals surface area contributed by atoms with E-state index in [2.05, 4.69) is 27.1 Å². The number of nitrogens with one attached hydrogen (secondary N) is 1. The maximum Gasteiger partial charge on any atom is 0.137 e. The maximum absolute atomic E-state index is 9.16. The Morgan fingerprint density at radius 3 is 2.67 bits per heavy atom. The van der Waals surface area contributed by atoms with Crippen LogP contribution in [0.3, 0.4) is 0 Å². The Kier molecular flexibility index (Phi) is 6.43. The van der Waals surface area contributed by atoms with E-state index >= 15 is 0 Å². The molecule has 1 rings (SSSR count). The summed E-state index contributed by atoms with van der Waals surface area (Å²) >= 11 is 0. The van der Waals surface area contributed by atoms with E-state index in [4.69, 9.17) is 5.11 Å². The first-order valence-electron chi connectivity index (χ1n) is 6.65. The van der Waals surface area contributed by atoms with E-state index in [0.717, 1.165) is 43.1 Å². The third-order valence-corrected chi connectivity index (χ3v) is 2.85. The van der Waals surface area contributed by atoms with Crippen LogP contribution in [0.25, 0.3) is 0 Å². The normalized spacial score (nSPS) is 10.4. The van der Waals surface area contributed by atoms with Crippen LogP contribution >= 0.6 is 0 Å². The molecule has 0 aromatic carbocycles. The molecule has 2 N–H and O–H groups in total. The van der Waals surface area contributed by atoms with Crippen molar-refractivity contribution in [2.75, 3.05) is 36.5 Å². The van der Waals surface area contributed by atoms with Crippen molar-refractivity contribution in [2.24, 2.45) is 0 Å². The lowest BCUT2D eigenvalue weighted by atomic mass is 10.2. The summed E-state index contributed by atoms with van der Waals surface area (Å²) in [6, 6.07) is 0. The van der Waals surface area contributed by atoms with Crippen LogP contribution in [0.2, 0.25) is 0 Å². The van der Waals surface area contributed by atoms with Crippen LogP contribution in [0.4, 0.5) is 11.6 Å². The number of nitrogens with zero attached hydrogens (tertiary/aromatic N) is 3. The van der Waals surface area contributed by atoms with Crippen molar-refractivity contribution < 1.29 is 5.11 Å². The zero-order valence-corrected chi connectivity index (χ0v) is 11.6. The number of aromatic nitrogens is 2. The molecule has 0 radical (unpaired) electrons. The second-order valence-electron chi connectivity index (χ2n) is 4.27. The van der Waals surface area contributed by atoms with Crippen molar-refractivity contribution in [3.8, 4) is 0 Å². The molecule has 0 bridgehead atoms. The van der Waals surface area contributed by atoms with Crippen LogP contribution in [0.1, 0.15) is 32.3 Å².